The zero-order valence-corrected chi connectivity index (χ0v) is 10.8. The van der Waals surface area contributed by atoms with E-state index in [0.717, 1.165) is 11.2 Å². The van der Waals surface area contributed by atoms with Crippen molar-refractivity contribution < 1.29 is 0 Å². The maximum absolute atomic E-state index is 2.34. The number of hydrogen-bond donors (Lipinski definition) is 0. The molecular formula is C10H22S2. The maximum Gasteiger partial charge on any atom is 0.0209 e. The first-order valence-corrected chi connectivity index (χ1v) is 6.89. The second-order valence-corrected chi connectivity index (χ2v) is 8.07. The van der Waals surface area contributed by atoms with Crippen LogP contribution in [0.3, 0.4) is 0 Å². The van der Waals surface area contributed by atoms with Crippen molar-refractivity contribution in [1.82, 2.24) is 0 Å². The highest BCUT2D eigenvalue weighted by molar-refractivity contribution is 8.77. The van der Waals surface area contributed by atoms with Gasteiger partial charge in [-0.1, -0.05) is 49.3 Å². The first-order valence-electron chi connectivity index (χ1n) is 4.68. The van der Waals surface area contributed by atoms with Crippen molar-refractivity contribution in [3.63, 3.8) is 0 Å². The standard InChI is InChI=1S/C10H22S2/c1-8(2)7-10(5,6)12-11-9(3)4/h8-9H,7H2,1-6H3. The third-order valence-corrected chi connectivity index (χ3v) is 5.26. The summed E-state index contributed by atoms with van der Waals surface area (Å²) in [6, 6.07) is 0. The SMILES string of the molecule is CC(C)CC(C)(C)SSC(C)C. The topological polar surface area (TPSA) is 0 Å². The molecule has 2 heteroatoms. The lowest BCUT2D eigenvalue weighted by Gasteiger charge is -2.25. The second-order valence-electron chi connectivity index (χ2n) is 4.59. The highest BCUT2D eigenvalue weighted by atomic mass is 33.1. The van der Waals surface area contributed by atoms with Crippen molar-refractivity contribution in [2.75, 3.05) is 0 Å². The maximum atomic E-state index is 2.34. The highest BCUT2D eigenvalue weighted by Gasteiger charge is 2.20. The molecule has 0 rings (SSSR count). The van der Waals surface area contributed by atoms with Gasteiger partial charge in [0.2, 0.25) is 0 Å². The molecule has 0 unspecified atom stereocenters. The zero-order valence-electron chi connectivity index (χ0n) is 9.18. The van der Waals surface area contributed by atoms with Crippen molar-refractivity contribution in [1.29, 1.82) is 0 Å². The molecule has 0 fully saturated rings. The minimum atomic E-state index is 0.434. The molecule has 12 heavy (non-hydrogen) atoms. The Balaban J connectivity index is 3.71. The Morgan fingerprint density at radius 1 is 1.08 bits per heavy atom. The van der Waals surface area contributed by atoms with Crippen molar-refractivity contribution in [2.24, 2.45) is 5.92 Å². The highest BCUT2D eigenvalue weighted by Crippen LogP contribution is 2.41. The van der Waals surface area contributed by atoms with Gasteiger partial charge < -0.3 is 0 Å². The van der Waals surface area contributed by atoms with E-state index in [2.05, 4.69) is 41.5 Å². The predicted octanol–water partition coefficient (Wildman–Crippen LogP) is 4.60. The molecule has 0 aliphatic heterocycles. The van der Waals surface area contributed by atoms with E-state index >= 15 is 0 Å². The summed E-state index contributed by atoms with van der Waals surface area (Å²) in [4.78, 5) is 0. The minimum Gasteiger partial charge on any atom is -0.0908 e. The Hall–Kier alpha value is 0.700. The fourth-order valence-corrected chi connectivity index (χ4v) is 3.66. The van der Waals surface area contributed by atoms with Gasteiger partial charge in [-0.25, -0.2) is 0 Å². The molecule has 0 heterocycles. The summed E-state index contributed by atoms with van der Waals surface area (Å²) in [5, 5.41) is 0.737. The van der Waals surface area contributed by atoms with Gasteiger partial charge in [-0.15, -0.1) is 0 Å². The average Bonchev–Trinajstić information content (AvgIpc) is 1.81. The molecule has 0 atom stereocenters. The summed E-state index contributed by atoms with van der Waals surface area (Å²) < 4.78 is 0.434. The molecule has 0 aromatic heterocycles. The van der Waals surface area contributed by atoms with Crippen LogP contribution < -0.4 is 0 Å². The van der Waals surface area contributed by atoms with Gasteiger partial charge >= 0.3 is 0 Å². The summed E-state index contributed by atoms with van der Waals surface area (Å²) in [6.07, 6.45) is 1.30. The molecule has 0 aliphatic carbocycles. The van der Waals surface area contributed by atoms with E-state index in [1.54, 1.807) is 0 Å². The molecule has 0 amide bonds. The quantitative estimate of drug-likeness (QED) is 0.603. The third-order valence-electron chi connectivity index (χ3n) is 1.37. The van der Waals surface area contributed by atoms with Crippen molar-refractivity contribution >= 4 is 21.6 Å². The van der Waals surface area contributed by atoms with Gasteiger partial charge in [0.1, 0.15) is 0 Å². The van der Waals surface area contributed by atoms with Gasteiger partial charge in [-0.2, -0.15) is 0 Å². The monoisotopic (exact) mass is 206 g/mol. The molecule has 0 saturated carbocycles. The van der Waals surface area contributed by atoms with Crippen LogP contribution in [0.25, 0.3) is 0 Å². The van der Waals surface area contributed by atoms with Crippen LogP contribution in [-0.4, -0.2) is 10.00 Å². The summed E-state index contributed by atoms with van der Waals surface area (Å²) in [5.41, 5.74) is 0. The molecule has 0 aromatic rings. The lowest BCUT2D eigenvalue weighted by Crippen LogP contribution is -2.16. The van der Waals surface area contributed by atoms with Gasteiger partial charge in [-0.05, 0) is 26.2 Å². The van der Waals surface area contributed by atoms with Crippen LogP contribution in [0.1, 0.15) is 48.0 Å². The van der Waals surface area contributed by atoms with Gasteiger partial charge in [0.15, 0.2) is 0 Å². The van der Waals surface area contributed by atoms with Crippen LogP contribution in [0, 0.1) is 5.92 Å². The van der Waals surface area contributed by atoms with Gasteiger partial charge in [-0.3, -0.25) is 0 Å². The van der Waals surface area contributed by atoms with Crippen molar-refractivity contribution in [3.8, 4) is 0 Å². The number of rotatable bonds is 5. The van der Waals surface area contributed by atoms with Crippen molar-refractivity contribution in [2.45, 2.75) is 58.0 Å². The lowest BCUT2D eigenvalue weighted by atomic mass is 10.0. The molecule has 0 radical (unpaired) electrons. The number of hydrogen-bond acceptors (Lipinski definition) is 2. The Kier molecular flexibility index (Phi) is 5.75. The fourth-order valence-electron chi connectivity index (χ4n) is 1.24. The Morgan fingerprint density at radius 3 is 1.92 bits per heavy atom. The van der Waals surface area contributed by atoms with E-state index in [-0.39, 0.29) is 0 Å². The summed E-state index contributed by atoms with van der Waals surface area (Å²) in [5.74, 6) is 0.806. The van der Waals surface area contributed by atoms with E-state index in [9.17, 15) is 0 Å². The van der Waals surface area contributed by atoms with Crippen LogP contribution >= 0.6 is 21.6 Å². The van der Waals surface area contributed by atoms with E-state index < -0.39 is 0 Å². The van der Waals surface area contributed by atoms with Gasteiger partial charge in [0.25, 0.3) is 0 Å². The van der Waals surface area contributed by atoms with Crippen LogP contribution in [-0.2, 0) is 0 Å². The normalized spacial score (nSPS) is 13.0. The summed E-state index contributed by atoms with van der Waals surface area (Å²) in [7, 11) is 4.03. The molecular weight excluding hydrogens is 184 g/mol. The Bertz CT molecular complexity index is 117. The Morgan fingerprint density at radius 2 is 1.58 bits per heavy atom. The van der Waals surface area contributed by atoms with Gasteiger partial charge in [0, 0.05) is 10.00 Å². The first-order chi connectivity index (χ1) is 5.33. The first kappa shape index (κ1) is 12.7. The second kappa shape index (κ2) is 5.43. The van der Waals surface area contributed by atoms with E-state index in [4.69, 9.17) is 0 Å². The molecule has 74 valence electrons. The minimum absolute atomic E-state index is 0.434. The molecule has 0 spiro atoms. The van der Waals surface area contributed by atoms with Crippen LogP contribution in [0.2, 0.25) is 0 Å². The molecule has 0 aliphatic rings. The van der Waals surface area contributed by atoms with Crippen LogP contribution in [0.5, 0.6) is 0 Å². The molecule has 0 nitrogen and oxygen atoms in total. The third kappa shape index (κ3) is 7.35. The van der Waals surface area contributed by atoms with Gasteiger partial charge in [0.05, 0.1) is 0 Å². The lowest BCUT2D eigenvalue weighted by molar-refractivity contribution is 0.505. The largest absolute Gasteiger partial charge is 0.0908 e. The average molecular weight is 206 g/mol. The molecule has 0 aromatic carbocycles. The Labute approximate surface area is 85.7 Å². The van der Waals surface area contributed by atoms with Crippen molar-refractivity contribution in [3.05, 3.63) is 0 Å². The molecule has 0 bridgehead atoms. The van der Waals surface area contributed by atoms with E-state index in [1.807, 2.05) is 21.6 Å². The van der Waals surface area contributed by atoms with E-state index in [1.165, 1.54) is 6.42 Å². The van der Waals surface area contributed by atoms with Crippen LogP contribution in [0.4, 0.5) is 0 Å². The predicted molar refractivity (Wildman–Crippen MR) is 63.9 cm³/mol. The smallest absolute Gasteiger partial charge is 0.0209 e. The molecule has 0 saturated heterocycles. The summed E-state index contributed by atoms with van der Waals surface area (Å²) in [6.45, 7) is 13.8. The van der Waals surface area contributed by atoms with Crippen LogP contribution in [0.15, 0.2) is 0 Å². The fraction of sp³-hybridized carbons (Fsp3) is 1.00. The molecule has 0 N–H and O–H groups in total. The van der Waals surface area contributed by atoms with E-state index in [0.29, 0.717) is 4.75 Å². The zero-order chi connectivity index (χ0) is 9.78. The summed E-state index contributed by atoms with van der Waals surface area (Å²) >= 11 is 0.